The number of nitrogen functional groups attached to an aromatic ring is 1. The van der Waals surface area contributed by atoms with Crippen LogP contribution in [0.5, 0.6) is 0 Å². The van der Waals surface area contributed by atoms with Gasteiger partial charge in [-0.1, -0.05) is 6.92 Å². The topological polar surface area (TPSA) is 92.0 Å². The van der Waals surface area contributed by atoms with Gasteiger partial charge in [0.05, 0.1) is 18.7 Å². The molecule has 0 aromatic carbocycles. The quantitative estimate of drug-likeness (QED) is 0.773. The van der Waals surface area contributed by atoms with E-state index in [0.717, 1.165) is 41.1 Å². The molecule has 0 saturated carbocycles. The van der Waals surface area contributed by atoms with Crippen LogP contribution in [-0.4, -0.2) is 34.3 Å². The summed E-state index contributed by atoms with van der Waals surface area (Å²) in [6.45, 7) is 8.61. The van der Waals surface area contributed by atoms with E-state index in [9.17, 15) is 0 Å². The second-order valence-corrected chi connectivity index (χ2v) is 4.84. The van der Waals surface area contributed by atoms with Crippen LogP contribution in [0.3, 0.4) is 0 Å². The molecule has 0 amide bonds. The highest BCUT2D eigenvalue weighted by molar-refractivity contribution is 5.88. The van der Waals surface area contributed by atoms with Crippen molar-refractivity contribution < 1.29 is 4.74 Å². The fraction of sp³-hybridized carbons (Fsp3) is 0.571. The van der Waals surface area contributed by atoms with Crippen molar-refractivity contribution in [2.24, 2.45) is 5.73 Å². The number of imidazole rings is 1. The Bertz CT molecular complexity index is 605. The fourth-order valence-electron chi connectivity index (χ4n) is 2.40. The van der Waals surface area contributed by atoms with Gasteiger partial charge in [0, 0.05) is 25.2 Å². The number of fused-ring (bicyclic) bond motifs is 1. The van der Waals surface area contributed by atoms with Gasteiger partial charge < -0.3 is 20.8 Å². The molecule has 0 aliphatic rings. The first-order valence-electron chi connectivity index (χ1n) is 6.99. The smallest absolute Gasteiger partial charge is 0.151 e. The summed E-state index contributed by atoms with van der Waals surface area (Å²) in [7, 11) is 0. The number of anilines is 1. The highest BCUT2D eigenvalue weighted by Gasteiger charge is 2.16. The number of nitrogens with zero attached hydrogens (tertiary/aromatic N) is 3. The van der Waals surface area contributed by atoms with Gasteiger partial charge in [0.25, 0.3) is 0 Å². The summed E-state index contributed by atoms with van der Waals surface area (Å²) in [6.07, 6.45) is 0.851. The molecule has 0 fully saturated rings. The van der Waals surface area contributed by atoms with Crippen LogP contribution in [-0.2, 0) is 17.7 Å². The van der Waals surface area contributed by atoms with E-state index in [-0.39, 0.29) is 0 Å². The highest BCUT2D eigenvalue weighted by atomic mass is 16.5. The Balaban J connectivity index is 2.45. The van der Waals surface area contributed by atoms with Crippen molar-refractivity contribution in [2.45, 2.75) is 33.7 Å². The minimum Gasteiger partial charge on any atom is -0.382 e. The van der Waals surface area contributed by atoms with E-state index >= 15 is 0 Å². The van der Waals surface area contributed by atoms with E-state index < -0.39 is 0 Å². The van der Waals surface area contributed by atoms with Crippen molar-refractivity contribution in [3.05, 3.63) is 17.1 Å². The molecule has 0 spiro atoms. The molecule has 110 valence electrons. The summed E-state index contributed by atoms with van der Waals surface area (Å²) in [6, 6.07) is 0. The lowest BCUT2D eigenvalue weighted by molar-refractivity contribution is 0.133. The van der Waals surface area contributed by atoms with Crippen molar-refractivity contribution in [1.29, 1.82) is 0 Å². The third kappa shape index (κ3) is 2.62. The molecule has 2 aromatic heterocycles. The zero-order valence-corrected chi connectivity index (χ0v) is 12.4. The zero-order chi connectivity index (χ0) is 14.7. The maximum atomic E-state index is 6.00. The number of aromatic nitrogens is 3. The van der Waals surface area contributed by atoms with Crippen LogP contribution in [0.25, 0.3) is 11.0 Å². The maximum absolute atomic E-state index is 6.00. The minimum atomic E-state index is 0.499. The van der Waals surface area contributed by atoms with Gasteiger partial charge in [0.15, 0.2) is 5.82 Å². The molecule has 0 unspecified atom stereocenters. The minimum absolute atomic E-state index is 0.499. The van der Waals surface area contributed by atoms with E-state index in [2.05, 4.69) is 28.4 Å². The molecule has 0 atom stereocenters. The third-order valence-electron chi connectivity index (χ3n) is 3.51. The fourth-order valence-corrected chi connectivity index (χ4v) is 2.40. The number of ether oxygens (including phenoxy) is 1. The summed E-state index contributed by atoms with van der Waals surface area (Å²) in [5.41, 5.74) is 15.4. The first-order valence-corrected chi connectivity index (χ1v) is 6.99. The van der Waals surface area contributed by atoms with Gasteiger partial charge >= 0.3 is 0 Å². The lowest BCUT2D eigenvalue weighted by Crippen LogP contribution is -2.14. The molecule has 20 heavy (non-hydrogen) atoms. The average Bonchev–Trinajstić information content (AvgIpc) is 2.80. The largest absolute Gasteiger partial charge is 0.382 e. The predicted molar refractivity (Wildman–Crippen MR) is 80.7 cm³/mol. The van der Waals surface area contributed by atoms with Crippen LogP contribution >= 0.6 is 0 Å². The number of aryl methyl sites for hydroxylation is 3. The molecule has 0 aliphatic heterocycles. The molecule has 0 saturated heterocycles. The normalized spacial score (nSPS) is 11.4. The van der Waals surface area contributed by atoms with E-state index in [4.69, 9.17) is 16.2 Å². The van der Waals surface area contributed by atoms with E-state index in [1.165, 1.54) is 0 Å². The van der Waals surface area contributed by atoms with Crippen LogP contribution in [0.1, 0.15) is 24.0 Å². The van der Waals surface area contributed by atoms with Crippen LogP contribution in [0, 0.1) is 13.8 Å². The molecule has 0 radical (unpaired) electrons. The van der Waals surface area contributed by atoms with Crippen LogP contribution in [0.2, 0.25) is 0 Å². The average molecular weight is 277 g/mol. The first-order chi connectivity index (χ1) is 9.60. The maximum Gasteiger partial charge on any atom is 0.151 e. The van der Waals surface area contributed by atoms with Gasteiger partial charge in [-0.15, -0.1) is 0 Å². The van der Waals surface area contributed by atoms with E-state index in [0.29, 0.717) is 25.6 Å². The molecule has 0 bridgehead atoms. The Labute approximate surface area is 119 Å². The number of hydrogen-bond donors (Lipinski definition) is 2. The molecule has 6 heteroatoms. The van der Waals surface area contributed by atoms with Crippen molar-refractivity contribution >= 4 is 16.9 Å². The highest BCUT2D eigenvalue weighted by Crippen LogP contribution is 2.26. The monoisotopic (exact) mass is 277 g/mol. The van der Waals surface area contributed by atoms with Crippen molar-refractivity contribution in [3.63, 3.8) is 0 Å². The molecule has 2 rings (SSSR count). The van der Waals surface area contributed by atoms with Crippen LogP contribution < -0.4 is 11.5 Å². The second-order valence-electron chi connectivity index (χ2n) is 4.84. The van der Waals surface area contributed by atoms with E-state index in [1.807, 2.05) is 6.92 Å². The molecule has 0 aliphatic carbocycles. The summed E-state index contributed by atoms with van der Waals surface area (Å²) in [5.74, 6) is 1.51. The third-order valence-corrected chi connectivity index (χ3v) is 3.51. The van der Waals surface area contributed by atoms with Crippen molar-refractivity contribution in [2.75, 3.05) is 25.5 Å². The molecule has 6 nitrogen and oxygen atoms in total. The molecular weight excluding hydrogens is 254 g/mol. The Kier molecular flexibility index (Phi) is 4.57. The van der Waals surface area contributed by atoms with Gasteiger partial charge in [-0.25, -0.2) is 9.97 Å². The molecule has 2 heterocycles. The Morgan fingerprint density at radius 2 is 1.95 bits per heavy atom. The van der Waals surface area contributed by atoms with Crippen LogP contribution in [0.15, 0.2) is 0 Å². The Morgan fingerprint density at radius 1 is 1.20 bits per heavy atom. The SMILES string of the molecule is CCc1nc2c(N)nc(C)c(C)c2n1CCOCCN. The lowest BCUT2D eigenvalue weighted by Gasteiger charge is -2.11. The van der Waals surface area contributed by atoms with Gasteiger partial charge in [-0.05, 0) is 19.4 Å². The molecular formula is C14H23N5O. The Morgan fingerprint density at radius 3 is 2.60 bits per heavy atom. The van der Waals surface area contributed by atoms with Gasteiger partial charge in [0.1, 0.15) is 11.3 Å². The number of nitrogens with two attached hydrogens (primary N) is 2. The van der Waals surface area contributed by atoms with Gasteiger partial charge in [0.2, 0.25) is 0 Å². The van der Waals surface area contributed by atoms with Crippen molar-refractivity contribution in [1.82, 2.24) is 14.5 Å². The lowest BCUT2D eigenvalue weighted by atomic mass is 10.2. The summed E-state index contributed by atoms with van der Waals surface area (Å²) in [4.78, 5) is 8.98. The zero-order valence-electron chi connectivity index (χ0n) is 12.4. The van der Waals surface area contributed by atoms with Crippen LogP contribution in [0.4, 0.5) is 5.82 Å². The van der Waals surface area contributed by atoms with E-state index in [1.54, 1.807) is 0 Å². The second kappa shape index (κ2) is 6.19. The number of pyridine rings is 1. The standard InChI is InChI=1S/C14H23N5O/c1-4-11-18-12-13(9(2)10(3)17-14(12)16)19(11)6-8-20-7-5-15/h4-8,15H2,1-3H3,(H2,16,17). The van der Waals surface area contributed by atoms with Crippen molar-refractivity contribution in [3.8, 4) is 0 Å². The first kappa shape index (κ1) is 14.7. The molecule has 2 aromatic rings. The summed E-state index contributed by atoms with van der Waals surface area (Å²) in [5, 5.41) is 0. The number of rotatable bonds is 6. The van der Waals surface area contributed by atoms with Gasteiger partial charge in [-0.2, -0.15) is 0 Å². The number of hydrogen-bond acceptors (Lipinski definition) is 5. The summed E-state index contributed by atoms with van der Waals surface area (Å²) < 4.78 is 7.67. The summed E-state index contributed by atoms with van der Waals surface area (Å²) >= 11 is 0. The molecule has 4 N–H and O–H groups in total. The predicted octanol–water partition coefficient (Wildman–Crippen LogP) is 1.17. The van der Waals surface area contributed by atoms with Gasteiger partial charge in [-0.3, -0.25) is 0 Å². The Hall–Kier alpha value is -1.66.